The topological polar surface area (TPSA) is 74.8 Å². The first-order valence-corrected chi connectivity index (χ1v) is 6.19. The highest BCUT2D eigenvalue weighted by molar-refractivity contribution is 7.89. The van der Waals surface area contributed by atoms with Crippen molar-refractivity contribution < 1.29 is 8.42 Å². The number of H-pyrrole nitrogens is 1. The molecule has 0 amide bonds. The number of hydrogen-bond donors (Lipinski definition) is 2. The average molecular weight is 238 g/mol. The summed E-state index contributed by atoms with van der Waals surface area (Å²) in [6.45, 7) is 1.86. The minimum atomic E-state index is -3.49. The number of sulfonamides is 1. The molecule has 80 valence electrons. The van der Waals surface area contributed by atoms with Gasteiger partial charge in [0.1, 0.15) is 0 Å². The molecule has 0 spiro atoms. The molecule has 7 heteroatoms. The molecule has 1 atom stereocenters. The molecule has 0 aromatic carbocycles. The van der Waals surface area contributed by atoms with Crippen molar-refractivity contribution in [3.63, 3.8) is 0 Å². The summed E-state index contributed by atoms with van der Waals surface area (Å²) in [6.07, 6.45) is 2.03. The van der Waals surface area contributed by atoms with Crippen molar-refractivity contribution in [3.8, 4) is 0 Å². The Balaban J connectivity index is 2.77. The Morgan fingerprint density at radius 3 is 2.86 bits per heavy atom. The molecule has 0 fully saturated rings. The predicted octanol–water partition coefficient (Wildman–Crippen LogP) is 0.705. The molecular formula is C7H12ClN3O2S. The van der Waals surface area contributed by atoms with Crippen LogP contribution in [0.2, 0.25) is 0 Å². The van der Waals surface area contributed by atoms with Crippen molar-refractivity contribution in [2.45, 2.75) is 24.4 Å². The highest BCUT2D eigenvalue weighted by Gasteiger charge is 2.19. The van der Waals surface area contributed by atoms with E-state index in [2.05, 4.69) is 14.9 Å². The molecule has 0 bridgehead atoms. The van der Waals surface area contributed by atoms with E-state index < -0.39 is 10.0 Å². The summed E-state index contributed by atoms with van der Waals surface area (Å²) in [7, 11) is -3.49. The Labute approximate surface area is 87.9 Å². The second-order valence-electron chi connectivity index (χ2n) is 2.80. The number of rotatable bonds is 5. The van der Waals surface area contributed by atoms with E-state index in [1.54, 1.807) is 0 Å². The first-order valence-electron chi connectivity index (χ1n) is 4.17. The van der Waals surface area contributed by atoms with E-state index in [0.29, 0.717) is 6.42 Å². The van der Waals surface area contributed by atoms with Crippen LogP contribution in [-0.2, 0) is 10.0 Å². The third-order valence-electron chi connectivity index (χ3n) is 1.77. The monoisotopic (exact) mass is 237 g/mol. The summed E-state index contributed by atoms with van der Waals surface area (Å²) in [5.41, 5.74) is 0. The minimum Gasteiger partial charge on any atom is -0.266 e. The Morgan fingerprint density at radius 1 is 1.71 bits per heavy atom. The molecule has 14 heavy (non-hydrogen) atoms. The highest BCUT2D eigenvalue weighted by atomic mass is 35.5. The van der Waals surface area contributed by atoms with Crippen LogP contribution < -0.4 is 4.72 Å². The van der Waals surface area contributed by atoms with Gasteiger partial charge in [0, 0.05) is 11.9 Å². The molecule has 1 aromatic rings. The number of alkyl halides is 1. The first kappa shape index (κ1) is 11.5. The normalized spacial score (nSPS) is 14.1. The molecule has 1 unspecified atom stereocenters. The fourth-order valence-electron chi connectivity index (χ4n) is 0.900. The molecule has 1 heterocycles. The van der Waals surface area contributed by atoms with Crippen molar-refractivity contribution in [1.82, 2.24) is 14.9 Å². The number of aromatic amines is 1. The zero-order valence-electron chi connectivity index (χ0n) is 7.70. The van der Waals surface area contributed by atoms with E-state index in [9.17, 15) is 8.42 Å². The van der Waals surface area contributed by atoms with Gasteiger partial charge in [0.25, 0.3) is 10.0 Å². The van der Waals surface area contributed by atoms with E-state index in [-0.39, 0.29) is 16.9 Å². The van der Waals surface area contributed by atoms with Crippen LogP contribution in [-0.4, -0.2) is 30.5 Å². The summed E-state index contributed by atoms with van der Waals surface area (Å²) in [6, 6.07) is 1.15. The lowest BCUT2D eigenvalue weighted by molar-refractivity contribution is 0.553. The smallest absolute Gasteiger partial charge is 0.257 e. The van der Waals surface area contributed by atoms with Crippen LogP contribution in [0.1, 0.15) is 13.3 Å². The second kappa shape index (κ2) is 4.77. The standard InChI is InChI=1S/C7H12ClN3O2S/c1-2-6(5-8)11-14(12,13)7-3-4-9-10-7/h3-4,6,11H,2,5H2,1H3,(H,9,10). The van der Waals surface area contributed by atoms with Gasteiger partial charge >= 0.3 is 0 Å². The molecule has 1 aromatic heterocycles. The zero-order valence-corrected chi connectivity index (χ0v) is 9.27. The van der Waals surface area contributed by atoms with Crippen LogP contribution in [0.5, 0.6) is 0 Å². The van der Waals surface area contributed by atoms with Gasteiger partial charge in [-0.3, -0.25) is 5.10 Å². The molecule has 0 aliphatic rings. The van der Waals surface area contributed by atoms with Crippen LogP contribution in [0.15, 0.2) is 17.3 Å². The van der Waals surface area contributed by atoms with E-state index in [1.165, 1.54) is 12.3 Å². The van der Waals surface area contributed by atoms with E-state index in [1.807, 2.05) is 6.92 Å². The van der Waals surface area contributed by atoms with Crippen molar-refractivity contribution in [2.75, 3.05) is 5.88 Å². The average Bonchev–Trinajstić information content (AvgIpc) is 2.67. The third-order valence-corrected chi connectivity index (χ3v) is 3.59. The van der Waals surface area contributed by atoms with Crippen molar-refractivity contribution in [3.05, 3.63) is 12.3 Å². The van der Waals surface area contributed by atoms with Gasteiger partial charge in [0.15, 0.2) is 5.03 Å². The maximum absolute atomic E-state index is 11.6. The second-order valence-corrected chi connectivity index (χ2v) is 4.79. The lowest BCUT2D eigenvalue weighted by atomic mass is 10.3. The molecule has 0 aliphatic heterocycles. The van der Waals surface area contributed by atoms with E-state index in [4.69, 9.17) is 11.6 Å². The van der Waals surface area contributed by atoms with Gasteiger partial charge in [-0.1, -0.05) is 6.92 Å². The zero-order chi connectivity index (χ0) is 10.6. The van der Waals surface area contributed by atoms with Crippen molar-refractivity contribution >= 4 is 21.6 Å². The quantitative estimate of drug-likeness (QED) is 0.741. The summed E-state index contributed by atoms with van der Waals surface area (Å²) < 4.78 is 25.6. The number of aromatic nitrogens is 2. The van der Waals surface area contributed by atoms with Gasteiger partial charge in [-0.2, -0.15) is 5.10 Å². The maximum Gasteiger partial charge on any atom is 0.257 e. The van der Waals surface area contributed by atoms with Crippen LogP contribution >= 0.6 is 11.6 Å². The van der Waals surface area contributed by atoms with Crippen LogP contribution in [0, 0.1) is 0 Å². The largest absolute Gasteiger partial charge is 0.266 e. The lowest BCUT2D eigenvalue weighted by Gasteiger charge is -2.12. The van der Waals surface area contributed by atoms with Gasteiger partial charge in [0.05, 0.1) is 6.20 Å². The molecule has 0 saturated carbocycles. The highest BCUT2D eigenvalue weighted by Crippen LogP contribution is 2.05. The molecule has 0 saturated heterocycles. The third kappa shape index (κ3) is 2.70. The molecule has 2 N–H and O–H groups in total. The van der Waals surface area contributed by atoms with Crippen LogP contribution in [0.4, 0.5) is 0 Å². The number of nitrogens with zero attached hydrogens (tertiary/aromatic N) is 1. The fraction of sp³-hybridized carbons (Fsp3) is 0.571. The molecule has 1 rings (SSSR count). The Bertz CT molecular complexity index is 358. The molecule has 0 radical (unpaired) electrons. The van der Waals surface area contributed by atoms with E-state index in [0.717, 1.165) is 0 Å². The van der Waals surface area contributed by atoms with E-state index >= 15 is 0 Å². The summed E-state index contributed by atoms with van der Waals surface area (Å²) in [5.74, 6) is 0.254. The van der Waals surface area contributed by atoms with Gasteiger partial charge in [-0.15, -0.1) is 11.6 Å². The Hall–Kier alpha value is -0.590. The first-order chi connectivity index (χ1) is 6.60. The summed E-state index contributed by atoms with van der Waals surface area (Å²) in [4.78, 5) is 0. The SMILES string of the molecule is CCC(CCl)NS(=O)(=O)c1ccn[nH]1. The number of halogens is 1. The summed E-state index contributed by atoms with van der Waals surface area (Å²) >= 11 is 5.58. The fourth-order valence-corrected chi connectivity index (χ4v) is 2.52. The van der Waals surface area contributed by atoms with Gasteiger partial charge in [-0.05, 0) is 12.5 Å². The van der Waals surface area contributed by atoms with Crippen LogP contribution in [0.3, 0.4) is 0 Å². The van der Waals surface area contributed by atoms with Gasteiger partial charge < -0.3 is 0 Å². The maximum atomic E-state index is 11.6. The Morgan fingerprint density at radius 2 is 2.43 bits per heavy atom. The predicted molar refractivity (Wildman–Crippen MR) is 53.7 cm³/mol. The van der Waals surface area contributed by atoms with Crippen molar-refractivity contribution in [1.29, 1.82) is 0 Å². The Kier molecular flexibility index (Phi) is 3.91. The summed E-state index contributed by atoms with van der Waals surface area (Å²) in [5, 5.41) is 6.01. The minimum absolute atomic E-state index is 0.0565. The number of hydrogen-bond acceptors (Lipinski definition) is 3. The molecule has 5 nitrogen and oxygen atoms in total. The lowest BCUT2D eigenvalue weighted by Crippen LogP contribution is -2.35. The van der Waals surface area contributed by atoms with Crippen LogP contribution in [0.25, 0.3) is 0 Å². The van der Waals surface area contributed by atoms with Gasteiger partial charge in [-0.25, -0.2) is 13.1 Å². The van der Waals surface area contributed by atoms with Gasteiger partial charge in [0.2, 0.25) is 0 Å². The molecule has 0 aliphatic carbocycles. The van der Waals surface area contributed by atoms with Crippen molar-refractivity contribution in [2.24, 2.45) is 0 Å². The molecular weight excluding hydrogens is 226 g/mol. The number of nitrogens with one attached hydrogen (secondary N) is 2.